The molecule has 1 fully saturated rings. The second kappa shape index (κ2) is 8.10. The van der Waals surface area contributed by atoms with Crippen molar-refractivity contribution < 1.29 is 19.2 Å². The molecule has 0 bridgehead atoms. The number of hydrogen-bond donors (Lipinski definition) is 2. The van der Waals surface area contributed by atoms with E-state index in [9.17, 15) is 19.2 Å². The number of hydrazone groups is 1. The number of nitrogens with zero attached hydrogens (tertiary/aromatic N) is 2. The minimum atomic E-state index is -0.773. The Labute approximate surface area is 184 Å². The molecular weight excluding hydrogens is 451 g/mol. The van der Waals surface area contributed by atoms with E-state index >= 15 is 0 Å². The van der Waals surface area contributed by atoms with E-state index in [1.54, 1.807) is 24.3 Å². The van der Waals surface area contributed by atoms with Crippen molar-refractivity contribution in [2.75, 3.05) is 5.32 Å². The highest BCUT2D eigenvalue weighted by molar-refractivity contribution is 8.15. The fourth-order valence-electron chi connectivity index (χ4n) is 2.91. The Bertz CT molecular complexity index is 1100. The second-order valence-electron chi connectivity index (χ2n) is 6.35. The summed E-state index contributed by atoms with van der Waals surface area (Å²) in [4.78, 5) is 49.3. The van der Waals surface area contributed by atoms with E-state index in [1.807, 2.05) is 0 Å². The number of fused-ring (bicyclic) bond motifs is 1. The van der Waals surface area contributed by atoms with Crippen molar-refractivity contribution >= 4 is 69.4 Å². The number of imide groups is 1. The van der Waals surface area contributed by atoms with Gasteiger partial charge in [0.15, 0.2) is 5.17 Å². The van der Waals surface area contributed by atoms with Crippen molar-refractivity contribution in [1.82, 2.24) is 10.3 Å². The number of thioether (sulfide) groups is 1. The van der Waals surface area contributed by atoms with Crippen LogP contribution in [0.2, 0.25) is 10.0 Å². The number of hydrogen-bond acceptors (Lipinski definition) is 6. The molecule has 11 heteroatoms. The molecule has 4 rings (SSSR count). The quantitative estimate of drug-likeness (QED) is 0.678. The van der Waals surface area contributed by atoms with E-state index in [0.717, 1.165) is 11.8 Å². The Balaban J connectivity index is 1.42. The van der Waals surface area contributed by atoms with Gasteiger partial charge in [-0.15, -0.1) is 5.10 Å². The van der Waals surface area contributed by atoms with Crippen LogP contribution in [-0.2, 0) is 9.59 Å². The molecule has 0 aromatic heterocycles. The summed E-state index contributed by atoms with van der Waals surface area (Å²) in [7, 11) is 0. The highest BCUT2D eigenvalue weighted by atomic mass is 35.5. The van der Waals surface area contributed by atoms with Crippen LogP contribution >= 0.6 is 35.0 Å². The van der Waals surface area contributed by atoms with Gasteiger partial charge in [-0.05, 0) is 30.3 Å². The largest absolute Gasteiger partial charge is 0.325 e. The normalized spacial score (nSPS) is 19.3. The lowest BCUT2D eigenvalue weighted by Crippen LogP contribution is -2.30. The van der Waals surface area contributed by atoms with Gasteiger partial charge in [-0.3, -0.25) is 19.2 Å². The predicted octanol–water partition coefficient (Wildman–Crippen LogP) is 3.12. The SMILES string of the molecule is O=C(C[C@H]1S/C(=N\N2C(=O)c3ccccc3C2=O)NC1=O)Nc1ccc(Cl)cc1Cl. The van der Waals surface area contributed by atoms with E-state index in [-0.39, 0.29) is 27.7 Å². The summed E-state index contributed by atoms with van der Waals surface area (Å²) in [6, 6.07) is 11.0. The van der Waals surface area contributed by atoms with Gasteiger partial charge in [0.25, 0.3) is 11.8 Å². The average Bonchev–Trinajstić information content (AvgIpc) is 3.16. The maximum atomic E-state index is 12.4. The number of halogens is 2. The van der Waals surface area contributed by atoms with E-state index in [1.165, 1.54) is 18.2 Å². The monoisotopic (exact) mass is 462 g/mol. The van der Waals surface area contributed by atoms with Gasteiger partial charge in [-0.25, -0.2) is 0 Å². The molecule has 0 spiro atoms. The van der Waals surface area contributed by atoms with Crippen molar-refractivity contribution in [3.63, 3.8) is 0 Å². The standard InChI is InChI=1S/C19H12Cl2N4O4S/c20-9-5-6-13(12(21)7-9)22-15(26)8-14-16(27)23-19(30-14)24-25-17(28)10-3-1-2-4-11(10)18(25)29/h1-7,14H,8H2,(H,22,26)(H,23,24,27)/t14-/m1/s1. The van der Waals surface area contributed by atoms with Crippen LogP contribution in [0.25, 0.3) is 0 Å². The van der Waals surface area contributed by atoms with Crippen LogP contribution < -0.4 is 10.6 Å². The smallest absolute Gasteiger partial charge is 0.282 e. The summed E-state index contributed by atoms with van der Waals surface area (Å²) in [5.74, 6) is -2.03. The van der Waals surface area contributed by atoms with Gasteiger partial charge in [0.2, 0.25) is 11.8 Å². The molecule has 30 heavy (non-hydrogen) atoms. The van der Waals surface area contributed by atoms with Crippen molar-refractivity contribution in [3.05, 3.63) is 63.6 Å². The van der Waals surface area contributed by atoms with Gasteiger partial charge >= 0.3 is 0 Å². The van der Waals surface area contributed by atoms with Crippen LogP contribution in [0.1, 0.15) is 27.1 Å². The summed E-state index contributed by atoms with van der Waals surface area (Å²) < 4.78 is 0. The maximum Gasteiger partial charge on any atom is 0.282 e. The number of amidine groups is 1. The van der Waals surface area contributed by atoms with Crippen LogP contribution in [-0.4, -0.2) is 39.1 Å². The molecule has 0 aliphatic carbocycles. The Morgan fingerprint density at radius 3 is 2.40 bits per heavy atom. The maximum absolute atomic E-state index is 12.4. The molecule has 2 aromatic carbocycles. The van der Waals surface area contributed by atoms with Gasteiger partial charge in [0.05, 0.1) is 21.8 Å². The Kier molecular flexibility index (Phi) is 5.50. The van der Waals surface area contributed by atoms with Gasteiger partial charge < -0.3 is 10.6 Å². The van der Waals surface area contributed by atoms with Crippen LogP contribution in [0, 0.1) is 0 Å². The molecule has 1 saturated heterocycles. The van der Waals surface area contributed by atoms with Crippen molar-refractivity contribution in [3.8, 4) is 0 Å². The molecule has 2 aliphatic heterocycles. The number of rotatable bonds is 4. The van der Waals surface area contributed by atoms with Gasteiger partial charge in [-0.1, -0.05) is 47.1 Å². The lowest BCUT2D eigenvalue weighted by atomic mass is 10.1. The number of carbonyl (C=O) groups is 4. The van der Waals surface area contributed by atoms with Crippen molar-refractivity contribution in [1.29, 1.82) is 0 Å². The molecule has 4 amide bonds. The van der Waals surface area contributed by atoms with Gasteiger partial charge in [0.1, 0.15) is 5.25 Å². The van der Waals surface area contributed by atoms with Crippen LogP contribution in [0.3, 0.4) is 0 Å². The molecule has 8 nitrogen and oxygen atoms in total. The second-order valence-corrected chi connectivity index (χ2v) is 8.38. The molecule has 0 unspecified atom stereocenters. The zero-order valence-corrected chi connectivity index (χ0v) is 17.3. The lowest BCUT2D eigenvalue weighted by Gasteiger charge is -2.09. The number of anilines is 1. The van der Waals surface area contributed by atoms with Crippen molar-refractivity contribution in [2.45, 2.75) is 11.7 Å². The fraction of sp³-hybridized carbons (Fsp3) is 0.105. The summed E-state index contributed by atoms with van der Waals surface area (Å²) in [6.45, 7) is 0. The number of amides is 4. The molecule has 152 valence electrons. The fourth-order valence-corrected chi connectivity index (χ4v) is 4.32. The highest BCUT2D eigenvalue weighted by Gasteiger charge is 2.38. The van der Waals surface area contributed by atoms with Crippen LogP contribution in [0.15, 0.2) is 47.6 Å². The molecule has 2 aliphatic rings. The molecular formula is C19H12Cl2N4O4S. The third-order valence-corrected chi connectivity index (χ3v) is 5.94. The minimum absolute atomic E-state index is 0.0665. The Hall–Kier alpha value is -2.88. The Morgan fingerprint density at radius 2 is 1.77 bits per heavy atom. The number of carbonyl (C=O) groups excluding carboxylic acids is 4. The molecule has 2 heterocycles. The minimum Gasteiger partial charge on any atom is -0.325 e. The van der Waals surface area contributed by atoms with Gasteiger partial charge in [0, 0.05) is 11.4 Å². The van der Waals surface area contributed by atoms with E-state index in [4.69, 9.17) is 23.2 Å². The first-order valence-electron chi connectivity index (χ1n) is 8.62. The molecule has 0 saturated carbocycles. The van der Waals surface area contributed by atoms with E-state index in [2.05, 4.69) is 15.7 Å². The summed E-state index contributed by atoms with van der Waals surface area (Å²) in [6.07, 6.45) is -0.156. The first-order chi connectivity index (χ1) is 14.3. The Morgan fingerprint density at radius 1 is 1.10 bits per heavy atom. The zero-order valence-electron chi connectivity index (χ0n) is 15.0. The summed E-state index contributed by atoms with van der Waals surface area (Å²) in [5, 5.41) is 9.79. The van der Waals surface area contributed by atoms with Crippen molar-refractivity contribution in [2.24, 2.45) is 5.10 Å². The summed E-state index contributed by atoms with van der Waals surface area (Å²) in [5.41, 5.74) is 0.864. The highest BCUT2D eigenvalue weighted by Crippen LogP contribution is 2.29. The van der Waals surface area contributed by atoms with Crippen LogP contribution in [0.4, 0.5) is 5.69 Å². The molecule has 2 aromatic rings. The van der Waals surface area contributed by atoms with Gasteiger partial charge in [-0.2, -0.15) is 5.01 Å². The summed E-state index contributed by atoms with van der Waals surface area (Å²) >= 11 is 12.8. The third-order valence-electron chi connectivity index (χ3n) is 4.32. The molecule has 0 radical (unpaired) electrons. The predicted molar refractivity (Wildman–Crippen MR) is 114 cm³/mol. The van der Waals surface area contributed by atoms with Crippen LogP contribution in [0.5, 0.6) is 0 Å². The zero-order chi connectivity index (χ0) is 21.4. The topological polar surface area (TPSA) is 108 Å². The van der Waals surface area contributed by atoms with E-state index < -0.39 is 28.9 Å². The molecule has 2 N–H and O–H groups in total. The third kappa shape index (κ3) is 3.91. The first kappa shape index (κ1) is 20.4. The number of benzene rings is 2. The lowest BCUT2D eigenvalue weighted by molar-refractivity contribution is -0.122. The molecule has 1 atom stereocenters. The first-order valence-corrected chi connectivity index (χ1v) is 10.3. The van der Waals surface area contributed by atoms with E-state index in [0.29, 0.717) is 15.7 Å². The average molecular weight is 463 g/mol. The number of nitrogens with one attached hydrogen (secondary N) is 2.